The first-order valence-corrected chi connectivity index (χ1v) is 16.6. The lowest BCUT2D eigenvalue weighted by Crippen LogP contribution is -2.58. The lowest BCUT2D eigenvalue weighted by Gasteiger charge is -2.18. The molecule has 6 N–H and O–H groups in total. The predicted octanol–water partition coefficient (Wildman–Crippen LogP) is 4.09. The standard InChI is InChI=1S/C30H23N9O11S2/c31-15-32-30-34-28(42)26(29(43)35-30)39-36-18-4-1-16(2-5-18)27(41)33-23-8-7-20(13-24(23)48-10-9-40)38-37-19-6-3-17-11-21(51-50-49-44)14-25(22(17)12-19)52(45,46)47/h1-8,11-14,26,40,44H,9-10H2,(H,33,41)(H,45,46,47)(H2,32,34,35,42,43). The van der Waals surface area contributed by atoms with Crippen LogP contribution in [0.15, 0.2) is 108 Å². The number of benzene rings is 4. The van der Waals surface area contributed by atoms with Crippen LogP contribution in [-0.2, 0) is 29.1 Å². The van der Waals surface area contributed by atoms with E-state index in [1.165, 1.54) is 72.9 Å². The molecule has 0 bridgehead atoms. The smallest absolute Gasteiger partial charge is 0.295 e. The minimum Gasteiger partial charge on any atom is -0.489 e. The second-order valence-corrected chi connectivity index (χ2v) is 12.3. The van der Waals surface area contributed by atoms with Gasteiger partial charge >= 0.3 is 0 Å². The van der Waals surface area contributed by atoms with Gasteiger partial charge in [-0.25, -0.2) is 5.26 Å². The maximum atomic E-state index is 13.1. The van der Waals surface area contributed by atoms with Gasteiger partial charge in [0.25, 0.3) is 27.8 Å². The highest BCUT2D eigenvalue weighted by atomic mass is 32.2. The van der Waals surface area contributed by atoms with E-state index in [1.807, 2.05) is 0 Å². The summed E-state index contributed by atoms with van der Waals surface area (Å²) in [5.74, 6) is -2.39. The molecule has 1 aliphatic rings. The minimum atomic E-state index is -4.69. The number of carbonyl (C=O) groups is 3. The molecule has 1 heterocycles. The Morgan fingerprint density at radius 2 is 1.62 bits per heavy atom. The first kappa shape index (κ1) is 37.1. The Balaban J connectivity index is 1.30. The van der Waals surface area contributed by atoms with Crippen LogP contribution in [-0.4, -0.2) is 66.3 Å². The van der Waals surface area contributed by atoms with E-state index < -0.39 is 38.8 Å². The number of nitrogens with one attached hydrogen (secondary N) is 3. The molecular formula is C30H23N9O11S2. The summed E-state index contributed by atoms with van der Waals surface area (Å²) in [6.45, 7) is -0.452. The van der Waals surface area contributed by atoms with E-state index >= 15 is 0 Å². The number of fused-ring (bicyclic) bond motifs is 1. The molecule has 266 valence electrons. The number of rotatable bonds is 13. The highest BCUT2D eigenvalue weighted by molar-refractivity contribution is 7.94. The molecule has 0 unspecified atom stereocenters. The monoisotopic (exact) mass is 749 g/mol. The van der Waals surface area contributed by atoms with Crippen LogP contribution in [0.5, 0.6) is 5.75 Å². The molecular weight excluding hydrogens is 727 g/mol. The van der Waals surface area contributed by atoms with Crippen molar-refractivity contribution in [3.05, 3.63) is 78.4 Å². The Morgan fingerprint density at radius 3 is 2.27 bits per heavy atom. The molecule has 0 saturated carbocycles. The molecule has 0 spiro atoms. The molecule has 22 heteroatoms. The molecule has 1 aliphatic heterocycles. The van der Waals surface area contributed by atoms with Crippen LogP contribution in [0.4, 0.5) is 22.7 Å². The number of guanidine groups is 1. The van der Waals surface area contributed by atoms with Crippen LogP contribution in [0.2, 0.25) is 0 Å². The first-order chi connectivity index (χ1) is 25.0. The van der Waals surface area contributed by atoms with Crippen LogP contribution in [0, 0.1) is 11.5 Å². The summed E-state index contributed by atoms with van der Waals surface area (Å²) in [7, 11) is -4.69. The Hall–Kier alpha value is -6.19. The van der Waals surface area contributed by atoms with Gasteiger partial charge in [-0.2, -0.15) is 34.1 Å². The van der Waals surface area contributed by atoms with Gasteiger partial charge in [-0.1, -0.05) is 11.1 Å². The van der Waals surface area contributed by atoms with Crippen LogP contribution in [0.3, 0.4) is 0 Å². The van der Waals surface area contributed by atoms with Gasteiger partial charge in [-0.15, -0.1) is 9.33 Å². The fourth-order valence-electron chi connectivity index (χ4n) is 4.46. The van der Waals surface area contributed by atoms with Gasteiger partial charge < -0.3 is 15.2 Å². The number of hydrogen-bond donors (Lipinski definition) is 6. The zero-order valence-electron chi connectivity index (χ0n) is 26.0. The Morgan fingerprint density at radius 1 is 0.942 bits per heavy atom. The van der Waals surface area contributed by atoms with Gasteiger partial charge in [0, 0.05) is 21.9 Å². The van der Waals surface area contributed by atoms with E-state index in [-0.39, 0.29) is 63.5 Å². The fraction of sp³-hybridized carbons (Fsp3) is 0.100. The summed E-state index contributed by atoms with van der Waals surface area (Å²) >= 11 is 0.513. The number of nitriles is 1. The molecule has 52 heavy (non-hydrogen) atoms. The third kappa shape index (κ3) is 9.32. The van der Waals surface area contributed by atoms with E-state index in [4.69, 9.17) is 15.3 Å². The van der Waals surface area contributed by atoms with Crippen LogP contribution in [0.25, 0.3) is 10.8 Å². The number of ether oxygens (including phenoxy) is 1. The van der Waals surface area contributed by atoms with Gasteiger partial charge in [0.1, 0.15) is 17.3 Å². The average molecular weight is 750 g/mol. The van der Waals surface area contributed by atoms with Crippen LogP contribution >= 0.6 is 12.0 Å². The second-order valence-electron chi connectivity index (χ2n) is 10.1. The number of carbonyl (C=O) groups excluding carboxylic acids is 3. The lowest BCUT2D eigenvalue weighted by atomic mass is 10.1. The van der Waals surface area contributed by atoms with Crippen molar-refractivity contribution in [2.75, 3.05) is 18.5 Å². The number of aliphatic hydroxyl groups is 1. The fourth-order valence-corrected chi connectivity index (χ4v) is 5.72. The highest BCUT2D eigenvalue weighted by Crippen LogP contribution is 2.35. The first-order valence-electron chi connectivity index (χ1n) is 14.4. The number of amides is 3. The second kappa shape index (κ2) is 16.7. The molecule has 4 aromatic carbocycles. The van der Waals surface area contributed by atoms with Crippen molar-refractivity contribution < 1.29 is 51.8 Å². The highest BCUT2D eigenvalue weighted by Gasteiger charge is 2.33. The molecule has 4 aromatic rings. The quantitative estimate of drug-likeness (QED) is 0.0214. The third-order valence-electron chi connectivity index (χ3n) is 6.72. The maximum Gasteiger partial charge on any atom is 0.295 e. The van der Waals surface area contributed by atoms with Crippen molar-refractivity contribution in [2.24, 2.45) is 25.4 Å². The lowest BCUT2D eigenvalue weighted by molar-refractivity contribution is -0.432. The Kier molecular flexibility index (Phi) is 11.9. The summed E-state index contributed by atoms with van der Waals surface area (Å²) in [6, 6.07) is 15.7. The summed E-state index contributed by atoms with van der Waals surface area (Å²) in [6.07, 6.45) is 1.44. The topological polar surface area (TPSA) is 295 Å². The molecule has 0 radical (unpaired) electrons. The Labute approximate surface area is 296 Å². The van der Waals surface area contributed by atoms with Crippen molar-refractivity contribution in [3.8, 4) is 11.9 Å². The molecule has 20 nitrogen and oxygen atoms in total. The predicted molar refractivity (Wildman–Crippen MR) is 180 cm³/mol. The zero-order valence-corrected chi connectivity index (χ0v) is 27.7. The molecule has 3 amide bonds. The van der Waals surface area contributed by atoms with Gasteiger partial charge in [-0.05, 0) is 66.0 Å². The largest absolute Gasteiger partial charge is 0.489 e. The maximum absolute atomic E-state index is 13.1. The molecule has 1 saturated heterocycles. The van der Waals surface area contributed by atoms with Crippen molar-refractivity contribution >= 4 is 79.4 Å². The summed E-state index contributed by atoms with van der Waals surface area (Å²) in [4.78, 5) is 40.3. The third-order valence-corrected chi connectivity index (χ3v) is 8.17. The van der Waals surface area contributed by atoms with Crippen molar-refractivity contribution in [2.45, 2.75) is 15.8 Å². The number of nitrogens with zero attached hydrogens (tertiary/aromatic N) is 6. The molecule has 5 rings (SSSR count). The normalized spacial score (nSPS) is 14.7. The summed E-state index contributed by atoms with van der Waals surface area (Å²) < 4.78 is 43.9. The van der Waals surface area contributed by atoms with E-state index in [0.717, 1.165) is 6.07 Å². The van der Waals surface area contributed by atoms with E-state index in [1.54, 1.807) is 0 Å². The van der Waals surface area contributed by atoms with E-state index in [2.05, 4.69) is 50.8 Å². The van der Waals surface area contributed by atoms with Crippen LogP contribution < -0.4 is 20.7 Å². The van der Waals surface area contributed by atoms with Gasteiger partial charge in [0.2, 0.25) is 18.2 Å². The van der Waals surface area contributed by atoms with E-state index in [0.29, 0.717) is 17.4 Å². The van der Waals surface area contributed by atoms with E-state index in [9.17, 15) is 32.5 Å². The van der Waals surface area contributed by atoms with Gasteiger partial charge in [0.05, 0.1) is 41.4 Å². The van der Waals surface area contributed by atoms with Gasteiger partial charge in [0.15, 0.2) is 0 Å². The summed E-state index contributed by atoms with van der Waals surface area (Å²) in [5.41, 5.74) is 1.12. The van der Waals surface area contributed by atoms with Gasteiger partial charge in [-0.3, -0.25) is 29.6 Å². The zero-order chi connectivity index (χ0) is 37.3. The van der Waals surface area contributed by atoms with Crippen LogP contribution in [0.1, 0.15) is 10.4 Å². The van der Waals surface area contributed by atoms with Crippen molar-refractivity contribution in [1.29, 1.82) is 5.26 Å². The number of hydrogen-bond acceptors (Lipinski definition) is 17. The molecule has 0 aliphatic carbocycles. The Bertz CT molecular complexity index is 2260. The minimum absolute atomic E-state index is 0.120. The number of aliphatic hydroxyl groups excluding tert-OH is 1. The average Bonchev–Trinajstić information content (AvgIpc) is 3.12. The number of anilines is 1. The number of aliphatic imine (C=N–C) groups is 1. The molecule has 0 aromatic heterocycles. The van der Waals surface area contributed by atoms with Crippen molar-refractivity contribution in [3.63, 3.8) is 0 Å². The molecule has 0 atom stereocenters. The SMILES string of the molecule is N#CN=C1NC(=O)C(N=Nc2ccc(C(=O)Nc3ccc(N=Nc4ccc5cc(SOOO)cc(S(=O)(=O)O)c5c4)cc3OCCO)cc2)C(=O)N1. The molecule has 1 fully saturated rings. The van der Waals surface area contributed by atoms with Crippen molar-refractivity contribution in [1.82, 2.24) is 10.6 Å². The number of azo groups is 2. The summed E-state index contributed by atoms with van der Waals surface area (Å²) in [5, 5.41) is 53.4.